The Morgan fingerprint density at radius 2 is 1.41 bits per heavy atom. The third-order valence-electron chi connectivity index (χ3n) is 3.20. The van der Waals surface area contributed by atoms with Crippen molar-refractivity contribution >= 4 is 8.56 Å². The predicted octanol–water partition coefficient (Wildman–Crippen LogP) is 4.74. The molecule has 0 aromatic carbocycles. The molecular formula is C14H32O2Si. The first-order valence-corrected chi connectivity index (χ1v) is 9.22. The van der Waals surface area contributed by atoms with E-state index >= 15 is 0 Å². The Labute approximate surface area is 109 Å². The molecule has 0 aromatic heterocycles. The minimum atomic E-state index is -1.94. The van der Waals surface area contributed by atoms with E-state index in [1.54, 1.807) is 0 Å². The number of hydrogen-bond donors (Lipinski definition) is 0. The maximum Gasteiger partial charge on any atom is 0.338 e. The predicted molar refractivity (Wildman–Crippen MR) is 77.6 cm³/mol. The molecule has 0 aliphatic heterocycles. The van der Waals surface area contributed by atoms with E-state index in [4.69, 9.17) is 8.85 Å². The van der Waals surface area contributed by atoms with Gasteiger partial charge < -0.3 is 8.85 Å². The average molecular weight is 260 g/mol. The molecule has 0 aliphatic carbocycles. The summed E-state index contributed by atoms with van der Waals surface area (Å²) in [5.74, 6) is 0. The smallest absolute Gasteiger partial charge is 0.338 e. The SMILES string of the molecule is CCCCCCC[Si](CC(C)(C)C)(OC)OC. The maximum atomic E-state index is 5.79. The fourth-order valence-electron chi connectivity index (χ4n) is 2.33. The van der Waals surface area contributed by atoms with Gasteiger partial charge in [-0.15, -0.1) is 0 Å². The Hall–Kier alpha value is 0.137. The van der Waals surface area contributed by atoms with E-state index in [1.165, 1.54) is 32.1 Å². The molecule has 0 amide bonds. The molecule has 0 heterocycles. The molecule has 2 nitrogen and oxygen atoms in total. The van der Waals surface area contributed by atoms with Gasteiger partial charge in [-0.2, -0.15) is 0 Å². The van der Waals surface area contributed by atoms with Crippen LogP contribution in [0, 0.1) is 5.41 Å². The Kier molecular flexibility index (Phi) is 8.34. The molecule has 3 heteroatoms. The summed E-state index contributed by atoms with van der Waals surface area (Å²) in [6.07, 6.45) is 6.58. The van der Waals surface area contributed by atoms with Crippen molar-refractivity contribution < 1.29 is 8.85 Å². The van der Waals surface area contributed by atoms with Gasteiger partial charge in [-0.3, -0.25) is 0 Å². The van der Waals surface area contributed by atoms with Crippen molar-refractivity contribution in [1.29, 1.82) is 0 Å². The number of rotatable bonds is 9. The molecule has 0 bridgehead atoms. The third kappa shape index (κ3) is 7.95. The first-order valence-electron chi connectivity index (χ1n) is 6.99. The summed E-state index contributed by atoms with van der Waals surface area (Å²) >= 11 is 0. The number of hydrogen-bond acceptors (Lipinski definition) is 2. The van der Waals surface area contributed by atoms with Crippen LogP contribution in [0.15, 0.2) is 0 Å². The Morgan fingerprint density at radius 3 is 1.82 bits per heavy atom. The molecule has 0 saturated heterocycles. The summed E-state index contributed by atoms with van der Waals surface area (Å²) in [5, 5.41) is 0. The Balaban J connectivity index is 4.12. The molecule has 0 aromatic rings. The molecule has 0 atom stereocenters. The molecule has 0 spiro atoms. The van der Waals surface area contributed by atoms with Gasteiger partial charge in [-0.25, -0.2) is 0 Å². The third-order valence-corrected chi connectivity index (χ3v) is 7.41. The molecule has 0 radical (unpaired) electrons. The molecule has 0 unspecified atom stereocenters. The molecular weight excluding hydrogens is 228 g/mol. The van der Waals surface area contributed by atoms with Gasteiger partial charge >= 0.3 is 8.56 Å². The summed E-state index contributed by atoms with van der Waals surface area (Å²) in [5.41, 5.74) is 0.293. The fourth-order valence-corrected chi connectivity index (χ4v) is 5.77. The van der Waals surface area contributed by atoms with Gasteiger partial charge in [0.25, 0.3) is 0 Å². The summed E-state index contributed by atoms with van der Waals surface area (Å²) in [4.78, 5) is 0. The minimum Gasteiger partial charge on any atom is -0.398 e. The second-order valence-corrected chi connectivity index (χ2v) is 9.71. The average Bonchev–Trinajstić information content (AvgIpc) is 2.25. The summed E-state index contributed by atoms with van der Waals surface area (Å²) in [6, 6.07) is 2.22. The Morgan fingerprint density at radius 1 is 0.882 bits per heavy atom. The fraction of sp³-hybridized carbons (Fsp3) is 1.00. The van der Waals surface area contributed by atoms with Crippen LogP contribution in [0.5, 0.6) is 0 Å². The molecule has 17 heavy (non-hydrogen) atoms. The van der Waals surface area contributed by atoms with E-state index in [0.717, 1.165) is 12.1 Å². The topological polar surface area (TPSA) is 18.5 Å². The zero-order chi connectivity index (χ0) is 13.4. The molecule has 0 saturated carbocycles. The standard InChI is InChI=1S/C14H32O2Si/c1-7-8-9-10-11-12-17(15-5,16-6)13-14(2,3)4/h7-13H2,1-6H3. The summed E-state index contributed by atoms with van der Waals surface area (Å²) < 4.78 is 11.6. The highest BCUT2D eigenvalue weighted by molar-refractivity contribution is 6.67. The van der Waals surface area contributed by atoms with Crippen LogP contribution in [0.25, 0.3) is 0 Å². The van der Waals surface area contributed by atoms with Gasteiger partial charge in [0.05, 0.1) is 0 Å². The van der Waals surface area contributed by atoms with Crippen molar-refractivity contribution in [2.24, 2.45) is 5.41 Å². The lowest BCUT2D eigenvalue weighted by molar-refractivity contribution is 0.222. The largest absolute Gasteiger partial charge is 0.398 e. The van der Waals surface area contributed by atoms with Crippen molar-refractivity contribution in [2.45, 2.75) is 71.9 Å². The first-order chi connectivity index (χ1) is 7.89. The van der Waals surface area contributed by atoms with Gasteiger partial charge in [-0.05, 0) is 17.5 Å². The summed E-state index contributed by atoms with van der Waals surface area (Å²) in [6.45, 7) is 9.06. The van der Waals surface area contributed by atoms with Crippen molar-refractivity contribution in [2.75, 3.05) is 14.2 Å². The van der Waals surface area contributed by atoms with E-state index in [9.17, 15) is 0 Å². The van der Waals surface area contributed by atoms with Crippen LogP contribution in [-0.4, -0.2) is 22.8 Å². The lowest BCUT2D eigenvalue weighted by Gasteiger charge is -2.33. The van der Waals surface area contributed by atoms with Crippen molar-refractivity contribution in [3.05, 3.63) is 0 Å². The lowest BCUT2D eigenvalue weighted by atomic mass is 10.0. The maximum absolute atomic E-state index is 5.79. The van der Waals surface area contributed by atoms with Crippen LogP contribution >= 0.6 is 0 Å². The molecule has 0 N–H and O–H groups in total. The number of unbranched alkanes of at least 4 members (excludes halogenated alkanes) is 4. The van der Waals surface area contributed by atoms with Crippen LogP contribution < -0.4 is 0 Å². The second-order valence-electron chi connectivity index (χ2n) is 6.22. The second kappa shape index (κ2) is 8.28. The van der Waals surface area contributed by atoms with Gasteiger partial charge in [-0.1, -0.05) is 59.8 Å². The molecule has 0 fully saturated rings. The van der Waals surface area contributed by atoms with E-state index in [1.807, 2.05) is 14.2 Å². The Bertz CT molecular complexity index is 183. The quantitative estimate of drug-likeness (QED) is 0.440. The molecule has 0 rings (SSSR count). The van der Waals surface area contributed by atoms with Crippen LogP contribution in [0.1, 0.15) is 59.8 Å². The zero-order valence-corrected chi connectivity index (χ0v) is 13.8. The van der Waals surface area contributed by atoms with Crippen molar-refractivity contribution in [3.63, 3.8) is 0 Å². The van der Waals surface area contributed by atoms with Crippen molar-refractivity contribution in [1.82, 2.24) is 0 Å². The molecule has 0 aliphatic rings. The van der Waals surface area contributed by atoms with Crippen molar-refractivity contribution in [3.8, 4) is 0 Å². The highest BCUT2D eigenvalue weighted by Crippen LogP contribution is 2.32. The monoisotopic (exact) mass is 260 g/mol. The highest BCUT2D eigenvalue weighted by atomic mass is 28.4. The lowest BCUT2D eigenvalue weighted by Crippen LogP contribution is -2.43. The summed E-state index contributed by atoms with van der Waals surface area (Å²) in [7, 11) is 1.71. The van der Waals surface area contributed by atoms with E-state index in [0.29, 0.717) is 5.41 Å². The van der Waals surface area contributed by atoms with Crippen LogP contribution in [0.2, 0.25) is 12.1 Å². The van der Waals surface area contributed by atoms with Gasteiger partial charge in [0.2, 0.25) is 0 Å². The minimum absolute atomic E-state index is 0.293. The first kappa shape index (κ1) is 17.1. The van der Waals surface area contributed by atoms with Crippen LogP contribution in [-0.2, 0) is 8.85 Å². The van der Waals surface area contributed by atoms with Gasteiger partial charge in [0.15, 0.2) is 0 Å². The van der Waals surface area contributed by atoms with E-state index in [2.05, 4.69) is 27.7 Å². The van der Waals surface area contributed by atoms with Crippen LogP contribution in [0.4, 0.5) is 0 Å². The van der Waals surface area contributed by atoms with Gasteiger partial charge in [0.1, 0.15) is 0 Å². The van der Waals surface area contributed by atoms with Gasteiger partial charge in [0, 0.05) is 14.2 Å². The normalized spacial score (nSPS) is 13.1. The zero-order valence-electron chi connectivity index (χ0n) is 12.8. The highest BCUT2D eigenvalue weighted by Gasteiger charge is 2.38. The molecule has 104 valence electrons. The van der Waals surface area contributed by atoms with Crippen LogP contribution in [0.3, 0.4) is 0 Å². The van der Waals surface area contributed by atoms with E-state index in [-0.39, 0.29) is 0 Å². The van der Waals surface area contributed by atoms with E-state index < -0.39 is 8.56 Å².